The van der Waals surface area contributed by atoms with Crippen LogP contribution in [0.3, 0.4) is 0 Å². The van der Waals surface area contributed by atoms with Gasteiger partial charge in [0, 0.05) is 15.0 Å². The van der Waals surface area contributed by atoms with Crippen LogP contribution in [0.25, 0.3) is 0 Å². The van der Waals surface area contributed by atoms with Crippen LogP contribution in [0.1, 0.15) is 6.92 Å². The van der Waals surface area contributed by atoms with Gasteiger partial charge in [-0.15, -0.1) is 0 Å². The highest BCUT2D eigenvalue weighted by atomic mass is 79.9. The number of nitrogens with one attached hydrogen (secondary N) is 1. The molecule has 0 aliphatic carbocycles. The molecule has 5 heteroatoms. The third-order valence-corrected chi connectivity index (χ3v) is 2.71. The third-order valence-electron chi connectivity index (χ3n) is 1.53. The van der Waals surface area contributed by atoms with E-state index in [4.69, 9.17) is 5.11 Å². The highest BCUT2D eigenvalue weighted by molar-refractivity contribution is 9.11. The van der Waals surface area contributed by atoms with Crippen LogP contribution in [0.4, 0.5) is 5.69 Å². The summed E-state index contributed by atoms with van der Waals surface area (Å²) in [4.78, 5) is 11.3. The van der Waals surface area contributed by atoms with E-state index in [1.165, 1.54) is 6.92 Å². The second-order valence-electron chi connectivity index (χ2n) is 2.90. The summed E-state index contributed by atoms with van der Waals surface area (Å²) in [5.41, 5.74) is 0.645. The van der Waals surface area contributed by atoms with E-state index in [0.717, 1.165) is 15.0 Å². The molecule has 1 amide bonds. The molecule has 1 rings (SSSR count). The summed E-state index contributed by atoms with van der Waals surface area (Å²) in [6, 6.07) is 5.44. The first-order valence-electron chi connectivity index (χ1n) is 4.12. The zero-order valence-electron chi connectivity index (χ0n) is 7.92. The number of benzene rings is 1. The van der Waals surface area contributed by atoms with E-state index >= 15 is 0 Å². The summed E-state index contributed by atoms with van der Waals surface area (Å²) in [5, 5.41) is 11.5. The molecule has 0 aromatic heterocycles. The van der Waals surface area contributed by atoms with E-state index in [-0.39, 0.29) is 11.7 Å². The number of anilines is 1. The summed E-state index contributed by atoms with van der Waals surface area (Å²) in [6.07, 6.45) is 1.12. The molecule has 1 aromatic carbocycles. The van der Waals surface area contributed by atoms with E-state index in [9.17, 15) is 4.79 Å². The molecule has 15 heavy (non-hydrogen) atoms. The average Bonchev–Trinajstić information content (AvgIpc) is 2.10. The number of hydrogen-bond donors (Lipinski definition) is 2. The molecule has 0 saturated heterocycles. The van der Waals surface area contributed by atoms with Gasteiger partial charge in [-0.2, -0.15) is 0 Å². The van der Waals surface area contributed by atoms with Gasteiger partial charge in [-0.25, -0.2) is 0 Å². The fourth-order valence-corrected chi connectivity index (χ4v) is 1.66. The summed E-state index contributed by atoms with van der Waals surface area (Å²) in [7, 11) is 0. The Bertz CT molecular complexity index is 412. The van der Waals surface area contributed by atoms with Gasteiger partial charge in [0.05, 0.1) is 11.4 Å². The minimum Gasteiger partial charge on any atom is -0.512 e. The molecule has 2 N–H and O–H groups in total. The van der Waals surface area contributed by atoms with Crippen molar-refractivity contribution in [2.75, 3.05) is 5.32 Å². The van der Waals surface area contributed by atoms with Crippen molar-refractivity contribution in [1.29, 1.82) is 0 Å². The van der Waals surface area contributed by atoms with E-state index in [1.807, 2.05) is 12.1 Å². The number of aliphatic hydroxyl groups excluding tert-OH is 1. The number of aliphatic hydroxyl groups is 1. The number of carbonyl (C=O) groups is 1. The van der Waals surface area contributed by atoms with Gasteiger partial charge in [-0.05, 0) is 41.1 Å². The van der Waals surface area contributed by atoms with Crippen LogP contribution in [-0.4, -0.2) is 11.0 Å². The molecule has 0 radical (unpaired) electrons. The van der Waals surface area contributed by atoms with Gasteiger partial charge in [-0.1, -0.05) is 15.9 Å². The topological polar surface area (TPSA) is 49.3 Å². The van der Waals surface area contributed by atoms with E-state index < -0.39 is 0 Å². The maximum atomic E-state index is 11.3. The predicted octanol–water partition coefficient (Wildman–Crippen LogP) is 3.61. The fourth-order valence-electron chi connectivity index (χ4n) is 0.952. The zero-order valence-corrected chi connectivity index (χ0v) is 11.1. The molecule has 0 heterocycles. The van der Waals surface area contributed by atoms with Crippen molar-refractivity contribution in [3.8, 4) is 0 Å². The van der Waals surface area contributed by atoms with Gasteiger partial charge in [0.25, 0.3) is 5.91 Å². The van der Waals surface area contributed by atoms with Crippen LogP contribution in [0.5, 0.6) is 0 Å². The third kappa shape index (κ3) is 4.05. The summed E-state index contributed by atoms with van der Waals surface area (Å²) in [6.45, 7) is 1.44. The van der Waals surface area contributed by atoms with Crippen molar-refractivity contribution in [3.05, 3.63) is 39.0 Å². The molecule has 3 nitrogen and oxygen atoms in total. The van der Waals surface area contributed by atoms with Crippen LogP contribution >= 0.6 is 31.9 Å². The zero-order chi connectivity index (χ0) is 11.4. The molecule has 0 spiro atoms. The lowest BCUT2D eigenvalue weighted by molar-refractivity contribution is -0.112. The maximum absolute atomic E-state index is 11.3. The molecule has 1 aromatic rings. The summed E-state index contributed by atoms with van der Waals surface area (Å²) >= 11 is 6.61. The van der Waals surface area contributed by atoms with Gasteiger partial charge in [0.15, 0.2) is 0 Å². The Morgan fingerprint density at radius 3 is 2.73 bits per heavy atom. The van der Waals surface area contributed by atoms with Crippen molar-refractivity contribution in [1.82, 2.24) is 0 Å². The van der Waals surface area contributed by atoms with E-state index in [2.05, 4.69) is 37.2 Å². The Morgan fingerprint density at radius 2 is 2.13 bits per heavy atom. The molecular weight excluding hydrogens is 326 g/mol. The van der Waals surface area contributed by atoms with Crippen molar-refractivity contribution >= 4 is 43.5 Å². The summed E-state index contributed by atoms with van der Waals surface area (Å²) in [5.74, 6) is -0.396. The quantitative estimate of drug-likeness (QED) is 0.641. The Hall–Kier alpha value is -0.810. The first-order valence-corrected chi connectivity index (χ1v) is 5.71. The van der Waals surface area contributed by atoms with Crippen LogP contribution < -0.4 is 5.32 Å². The van der Waals surface area contributed by atoms with Crippen LogP contribution in [0, 0.1) is 0 Å². The molecule has 0 bridgehead atoms. The van der Waals surface area contributed by atoms with Gasteiger partial charge < -0.3 is 10.4 Å². The molecular formula is C10H9Br2NO2. The smallest absolute Gasteiger partial charge is 0.251 e. The Morgan fingerprint density at radius 1 is 1.47 bits per heavy atom. The molecule has 0 aliphatic heterocycles. The molecule has 0 unspecified atom stereocenters. The minimum absolute atomic E-state index is 0.0291. The molecule has 0 aliphatic rings. The second-order valence-corrected chi connectivity index (χ2v) is 4.67. The normalized spacial score (nSPS) is 11.3. The summed E-state index contributed by atoms with van der Waals surface area (Å²) < 4.78 is 1.65. The number of carbonyl (C=O) groups excluding carboxylic acids is 1. The Labute approximate surface area is 104 Å². The van der Waals surface area contributed by atoms with Gasteiger partial charge in [0.2, 0.25) is 0 Å². The van der Waals surface area contributed by atoms with Crippen molar-refractivity contribution in [3.63, 3.8) is 0 Å². The highest BCUT2D eigenvalue weighted by Crippen LogP contribution is 2.26. The Kier molecular flexibility index (Phi) is 4.35. The number of hydrogen-bond acceptors (Lipinski definition) is 2. The van der Waals surface area contributed by atoms with Crippen LogP contribution in [-0.2, 0) is 4.79 Å². The van der Waals surface area contributed by atoms with Crippen molar-refractivity contribution in [2.24, 2.45) is 0 Å². The van der Waals surface area contributed by atoms with E-state index in [0.29, 0.717) is 5.69 Å². The largest absolute Gasteiger partial charge is 0.512 e. The lowest BCUT2D eigenvalue weighted by Crippen LogP contribution is -2.09. The van der Waals surface area contributed by atoms with Crippen molar-refractivity contribution < 1.29 is 9.90 Å². The number of amides is 1. The molecule has 80 valence electrons. The molecule has 0 atom stereocenters. The predicted molar refractivity (Wildman–Crippen MR) is 66.9 cm³/mol. The number of halogens is 2. The SMILES string of the molecule is CC(O)=CC(=O)Nc1cc(Br)ccc1Br. The van der Waals surface area contributed by atoms with Gasteiger partial charge in [-0.3, -0.25) is 4.79 Å². The average molecular weight is 335 g/mol. The minimum atomic E-state index is -0.367. The van der Waals surface area contributed by atoms with Gasteiger partial charge in [0.1, 0.15) is 0 Å². The standard InChI is InChI=1S/C10H9Br2NO2/c1-6(14)4-10(15)13-9-5-7(11)2-3-8(9)12/h2-5,14H,1H3,(H,13,15). The van der Waals surface area contributed by atoms with Gasteiger partial charge >= 0.3 is 0 Å². The maximum Gasteiger partial charge on any atom is 0.251 e. The van der Waals surface area contributed by atoms with Crippen molar-refractivity contribution in [2.45, 2.75) is 6.92 Å². The number of rotatable bonds is 2. The number of allylic oxidation sites excluding steroid dienone is 1. The second kappa shape index (κ2) is 5.32. The monoisotopic (exact) mass is 333 g/mol. The van der Waals surface area contributed by atoms with Crippen LogP contribution in [0.2, 0.25) is 0 Å². The fraction of sp³-hybridized carbons (Fsp3) is 0.100. The van der Waals surface area contributed by atoms with Crippen LogP contribution in [0.15, 0.2) is 39.0 Å². The first kappa shape index (κ1) is 12.3. The lowest BCUT2D eigenvalue weighted by Gasteiger charge is -2.05. The molecule has 0 saturated carbocycles. The molecule has 0 fully saturated rings. The van der Waals surface area contributed by atoms with E-state index in [1.54, 1.807) is 6.07 Å². The first-order chi connectivity index (χ1) is 6.99. The Balaban J connectivity index is 2.85. The lowest BCUT2D eigenvalue weighted by atomic mass is 10.3. The highest BCUT2D eigenvalue weighted by Gasteiger charge is 2.04.